The molecular formula is C24H32N2O. The summed E-state index contributed by atoms with van der Waals surface area (Å²) in [5.41, 5.74) is 5.40. The highest BCUT2D eigenvalue weighted by Gasteiger charge is 2.45. The lowest BCUT2D eigenvalue weighted by Crippen LogP contribution is -2.38. The molecule has 2 atom stereocenters. The predicted molar refractivity (Wildman–Crippen MR) is 110 cm³/mol. The first-order valence-electron chi connectivity index (χ1n) is 10.5. The first-order valence-corrected chi connectivity index (χ1v) is 10.5. The maximum Gasteiger partial charge on any atom is 0.0645 e. The molecule has 0 amide bonds. The van der Waals surface area contributed by atoms with Crippen LogP contribution < -0.4 is 0 Å². The second-order valence-electron chi connectivity index (χ2n) is 8.51. The zero-order chi connectivity index (χ0) is 18.7. The Labute approximate surface area is 163 Å². The highest BCUT2D eigenvalue weighted by molar-refractivity contribution is 5.22. The summed E-state index contributed by atoms with van der Waals surface area (Å²) in [6.07, 6.45) is 6.52. The average molecular weight is 365 g/mol. The molecule has 2 aliphatic rings. The van der Waals surface area contributed by atoms with Crippen LogP contribution in [0.3, 0.4) is 0 Å². The molecular weight excluding hydrogens is 332 g/mol. The number of aromatic nitrogens is 1. The molecule has 1 aromatic heterocycles. The molecule has 2 unspecified atom stereocenters. The summed E-state index contributed by atoms with van der Waals surface area (Å²) in [4.78, 5) is 7.29. The number of benzene rings is 1. The van der Waals surface area contributed by atoms with E-state index in [1.54, 1.807) is 0 Å². The van der Waals surface area contributed by atoms with Gasteiger partial charge in [0.05, 0.1) is 6.10 Å². The molecule has 0 spiro atoms. The summed E-state index contributed by atoms with van der Waals surface area (Å²) in [6.45, 7) is 8.48. The van der Waals surface area contributed by atoms with Gasteiger partial charge in [-0.15, -0.1) is 0 Å². The number of nitrogens with zero attached hydrogens (tertiary/aromatic N) is 2. The molecule has 2 aliphatic heterocycles. The first-order chi connectivity index (χ1) is 13.1. The van der Waals surface area contributed by atoms with Gasteiger partial charge < -0.3 is 4.74 Å². The van der Waals surface area contributed by atoms with Gasteiger partial charge in [0, 0.05) is 36.5 Å². The van der Waals surface area contributed by atoms with Gasteiger partial charge >= 0.3 is 0 Å². The average Bonchev–Trinajstić information content (AvgIpc) is 3.34. The molecule has 3 nitrogen and oxygen atoms in total. The highest BCUT2D eigenvalue weighted by atomic mass is 16.5. The predicted octanol–water partition coefficient (Wildman–Crippen LogP) is 4.70. The van der Waals surface area contributed by atoms with Gasteiger partial charge in [0.2, 0.25) is 0 Å². The lowest BCUT2D eigenvalue weighted by Gasteiger charge is -2.35. The van der Waals surface area contributed by atoms with Crippen molar-refractivity contribution >= 4 is 0 Å². The summed E-state index contributed by atoms with van der Waals surface area (Å²) >= 11 is 0. The number of ether oxygens (including phenoxy) is 1. The van der Waals surface area contributed by atoms with Crippen LogP contribution in [0.25, 0.3) is 0 Å². The van der Waals surface area contributed by atoms with Gasteiger partial charge in [-0.2, -0.15) is 0 Å². The second-order valence-corrected chi connectivity index (χ2v) is 8.51. The first kappa shape index (κ1) is 18.6. The Kier molecular flexibility index (Phi) is 5.60. The summed E-state index contributed by atoms with van der Waals surface area (Å²) in [6, 6.07) is 15.3. The van der Waals surface area contributed by atoms with Crippen molar-refractivity contribution in [3.05, 3.63) is 65.0 Å². The van der Waals surface area contributed by atoms with E-state index in [1.807, 2.05) is 0 Å². The number of hydrogen-bond donors (Lipinski definition) is 0. The second kappa shape index (κ2) is 8.12. The van der Waals surface area contributed by atoms with E-state index in [9.17, 15) is 0 Å². The molecule has 0 bridgehead atoms. The molecule has 0 saturated carbocycles. The van der Waals surface area contributed by atoms with Crippen molar-refractivity contribution in [1.82, 2.24) is 9.88 Å². The Morgan fingerprint density at radius 3 is 2.74 bits per heavy atom. The van der Waals surface area contributed by atoms with Crippen LogP contribution in [0.5, 0.6) is 0 Å². The maximum absolute atomic E-state index is 6.23. The summed E-state index contributed by atoms with van der Waals surface area (Å²) in [7, 11) is 0. The summed E-state index contributed by atoms with van der Waals surface area (Å²) in [5, 5.41) is 0. The molecule has 0 N–H and O–H groups in total. The number of hydrogen-bond acceptors (Lipinski definition) is 3. The molecule has 3 heteroatoms. The van der Waals surface area contributed by atoms with E-state index in [0.29, 0.717) is 11.5 Å². The Morgan fingerprint density at radius 2 is 2.00 bits per heavy atom. The van der Waals surface area contributed by atoms with E-state index in [4.69, 9.17) is 4.74 Å². The van der Waals surface area contributed by atoms with Crippen LogP contribution in [0.1, 0.15) is 48.2 Å². The molecule has 144 valence electrons. The van der Waals surface area contributed by atoms with Crippen molar-refractivity contribution in [2.45, 2.75) is 58.6 Å². The molecule has 4 rings (SSSR count). The lowest BCUT2D eigenvalue weighted by molar-refractivity contribution is -0.00182. The van der Waals surface area contributed by atoms with Crippen LogP contribution in [0, 0.1) is 19.3 Å². The minimum absolute atomic E-state index is 0.304. The molecule has 1 aromatic carbocycles. The Bertz CT molecular complexity index is 754. The largest absolute Gasteiger partial charge is 0.378 e. The third-order valence-electron chi connectivity index (χ3n) is 6.56. The molecule has 2 aromatic rings. The van der Waals surface area contributed by atoms with Crippen molar-refractivity contribution < 1.29 is 4.74 Å². The van der Waals surface area contributed by atoms with Gasteiger partial charge in [0.15, 0.2) is 0 Å². The fraction of sp³-hybridized carbons (Fsp3) is 0.542. The Morgan fingerprint density at radius 1 is 1.15 bits per heavy atom. The van der Waals surface area contributed by atoms with Crippen molar-refractivity contribution in [2.24, 2.45) is 5.41 Å². The van der Waals surface area contributed by atoms with E-state index in [1.165, 1.54) is 49.0 Å². The summed E-state index contributed by atoms with van der Waals surface area (Å²) in [5.74, 6) is 0. The quantitative estimate of drug-likeness (QED) is 0.743. The minimum Gasteiger partial charge on any atom is -0.378 e. The van der Waals surface area contributed by atoms with Crippen LogP contribution in [0.4, 0.5) is 0 Å². The molecule has 2 fully saturated rings. The lowest BCUT2D eigenvalue weighted by atomic mass is 9.75. The van der Waals surface area contributed by atoms with Gasteiger partial charge in [-0.3, -0.25) is 9.88 Å². The van der Waals surface area contributed by atoms with Crippen LogP contribution in [0.15, 0.2) is 42.5 Å². The molecule has 27 heavy (non-hydrogen) atoms. The van der Waals surface area contributed by atoms with E-state index in [0.717, 1.165) is 31.8 Å². The van der Waals surface area contributed by atoms with E-state index < -0.39 is 0 Å². The topological polar surface area (TPSA) is 25.4 Å². The summed E-state index contributed by atoms with van der Waals surface area (Å²) < 4.78 is 6.23. The van der Waals surface area contributed by atoms with E-state index >= 15 is 0 Å². The van der Waals surface area contributed by atoms with Gasteiger partial charge in [-0.1, -0.05) is 36.4 Å². The maximum atomic E-state index is 6.23. The standard InChI is InChI=1S/C24H32N2O/c1-19-10-11-22(20(2)25-19)17-26-15-14-24(18-26,23-9-6-16-27-23)13-12-21-7-4-3-5-8-21/h3-5,7-8,10-11,23H,6,9,12-18H2,1-2H3. The van der Waals surface area contributed by atoms with Gasteiger partial charge in [-0.25, -0.2) is 0 Å². The van der Waals surface area contributed by atoms with Gasteiger partial charge in [0.25, 0.3) is 0 Å². The minimum atomic E-state index is 0.304. The Balaban J connectivity index is 1.47. The number of aryl methyl sites for hydroxylation is 3. The van der Waals surface area contributed by atoms with E-state index in [2.05, 4.69) is 66.2 Å². The zero-order valence-corrected chi connectivity index (χ0v) is 16.8. The molecule has 2 saturated heterocycles. The highest BCUT2D eigenvalue weighted by Crippen LogP contribution is 2.44. The monoisotopic (exact) mass is 364 g/mol. The third kappa shape index (κ3) is 4.25. The Hall–Kier alpha value is -1.71. The number of rotatable bonds is 6. The zero-order valence-electron chi connectivity index (χ0n) is 16.8. The molecule has 3 heterocycles. The smallest absolute Gasteiger partial charge is 0.0645 e. The SMILES string of the molecule is Cc1ccc(CN2CCC(CCc3ccccc3)(C3CCCO3)C2)c(C)n1. The van der Waals surface area contributed by atoms with Crippen LogP contribution in [-0.2, 0) is 17.7 Å². The van der Waals surface area contributed by atoms with Crippen molar-refractivity contribution in [3.8, 4) is 0 Å². The van der Waals surface area contributed by atoms with Gasteiger partial charge in [-0.05, 0) is 69.7 Å². The fourth-order valence-electron chi connectivity index (χ4n) is 4.97. The van der Waals surface area contributed by atoms with Crippen molar-refractivity contribution in [1.29, 1.82) is 0 Å². The van der Waals surface area contributed by atoms with Crippen LogP contribution in [-0.4, -0.2) is 35.7 Å². The fourth-order valence-corrected chi connectivity index (χ4v) is 4.97. The normalized spacial score (nSPS) is 25.9. The molecule has 0 radical (unpaired) electrons. The molecule has 0 aliphatic carbocycles. The van der Waals surface area contributed by atoms with Crippen molar-refractivity contribution in [2.75, 3.05) is 19.7 Å². The number of pyridine rings is 1. The van der Waals surface area contributed by atoms with Crippen LogP contribution in [0.2, 0.25) is 0 Å². The third-order valence-corrected chi connectivity index (χ3v) is 6.56. The van der Waals surface area contributed by atoms with Crippen molar-refractivity contribution in [3.63, 3.8) is 0 Å². The number of likely N-dealkylation sites (tertiary alicyclic amines) is 1. The van der Waals surface area contributed by atoms with Gasteiger partial charge in [0.1, 0.15) is 0 Å². The van der Waals surface area contributed by atoms with E-state index in [-0.39, 0.29) is 0 Å². The van der Waals surface area contributed by atoms with Crippen LogP contribution >= 0.6 is 0 Å².